The first kappa shape index (κ1) is 24.3. The summed E-state index contributed by atoms with van der Waals surface area (Å²) in [5.41, 5.74) is 10.4. The van der Waals surface area contributed by atoms with E-state index in [4.69, 9.17) is 61.0 Å². The molecule has 3 aromatic rings. The lowest BCUT2D eigenvalue weighted by Gasteiger charge is -2.17. The van der Waals surface area contributed by atoms with E-state index in [1.807, 2.05) is 48.6 Å². The zero-order valence-corrected chi connectivity index (χ0v) is 21.3. The molecular formula is C26H22Cl3N5O2. The van der Waals surface area contributed by atoms with Gasteiger partial charge in [0, 0.05) is 28.0 Å². The summed E-state index contributed by atoms with van der Waals surface area (Å²) in [6.45, 7) is 0.185. The SMILES string of the molecule is N/N=C(\N)C(Cc1cc(-c2ccc3c(c2)OCO3)n(-c2cc(Cl)ccc2Cl)n1)C1=CC=CC(Cl)=CC1. The summed E-state index contributed by atoms with van der Waals surface area (Å²) < 4.78 is 12.8. The van der Waals surface area contributed by atoms with E-state index in [1.165, 1.54) is 0 Å². The van der Waals surface area contributed by atoms with E-state index < -0.39 is 0 Å². The molecular weight excluding hydrogens is 521 g/mol. The second-order valence-electron chi connectivity index (χ2n) is 8.30. The molecule has 7 nitrogen and oxygen atoms in total. The molecule has 1 aromatic heterocycles. The molecule has 2 heterocycles. The van der Waals surface area contributed by atoms with Crippen molar-refractivity contribution in [3.8, 4) is 28.4 Å². The van der Waals surface area contributed by atoms with Gasteiger partial charge in [0.25, 0.3) is 0 Å². The number of nitrogens with two attached hydrogens (primary N) is 2. The van der Waals surface area contributed by atoms with Gasteiger partial charge in [-0.05, 0) is 55.0 Å². The molecule has 0 radical (unpaired) electrons. The van der Waals surface area contributed by atoms with Gasteiger partial charge in [0.05, 0.1) is 22.1 Å². The van der Waals surface area contributed by atoms with Crippen LogP contribution in [0.5, 0.6) is 11.5 Å². The van der Waals surface area contributed by atoms with Gasteiger partial charge in [0.2, 0.25) is 6.79 Å². The summed E-state index contributed by atoms with van der Waals surface area (Å²) in [5, 5.41) is 10.4. The van der Waals surface area contributed by atoms with Crippen LogP contribution in [0.4, 0.5) is 0 Å². The molecule has 2 aromatic carbocycles. The Balaban J connectivity index is 1.60. The van der Waals surface area contributed by atoms with Gasteiger partial charge in [-0.15, -0.1) is 0 Å². The zero-order valence-electron chi connectivity index (χ0n) is 19.0. The van der Waals surface area contributed by atoms with Crippen molar-refractivity contribution in [1.82, 2.24) is 9.78 Å². The van der Waals surface area contributed by atoms with E-state index in [0.717, 1.165) is 22.5 Å². The van der Waals surface area contributed by atoms with Crippen molar-refractivity contribution in [1.29, 1.82) is 0 Å². The van der Waals surface area contributed by atoms with Crippen LogP contribution in [0, 0.1) is 5.92 Å². The van der Waals surface area contributed by atoms with Crippen molar-refractivity contribution in [3.05, 3.63) is 93.1 Å². The number of allylic oxidation sites excluding steroid dienone is 5. The summed E-state index contributed by atoms with van der Waals surface area (Å²) in [5.74, 6) is 6.98. The molecule has 0 bridgehead atoms. The van der Waals surface area contributed by atoms with Gasteiger partial charge in [-0.25, -0.2) is 4.68 Å². The molecule has 1 aliphatic carbocycles. The quantitative estimate of drug-likeness (QED) is 0.173. The Kier molecular flexibility index (Phi) is 6.96. The summed E-state index contributed by atoms with van der Waals surface area (Å²) >= 11 is 19.1. The average Bonchev–Trinajstić information content (AvgIpc) is 3.46. The molecule has 0 spiro atoms. The number of hydrazone groups is 1. The highest BCUT2D eigenvalue weighted by Gasteiger charge is 2.24. The third-order valence-corrected chi connectivity index (χ3v) is 6.87. The normalized spacial score (nSPS) is 15.9. The van der Waals surface area contributed by atoms with E-state index >= 15 is 0 Å². The highest BCUT2D eigenvalue weighted by Crippen LogP contribution is 2.38. The van der Waals surface area contributed by atoms with E-state index in [9.17, 15) is 0 Å². The third-order valence-electron chi connectivity index (χ3n) is 6.03. The maximum Gasteiger partial charge on any atom is 0.231 e. The molecule has 0 fully saturated rings. The lowest BCUT2D eigenvalue weighted by atomic mass is 9.90. The van der Waals surface area contributed by atoms with E-state index in [2.05, 4.69) is 5.10 Å². The largest absolute Gasteiger partial charge is 0.454 e. The Morgan fingerprint density at radius 2 is 1.92 bits per heavy atom. The molecule has 0 saturated carbocycles. The molecule has 5 rings (SSSR count). The molecule has 4 N–H and O–H groups in total. The van der Waals surface area contributed by atoms with E-state index in [0.29, 0.717) is 50.9 Å². The fourth-order valence-electron chi connectivity index (χ4n) is 4.22. The second kappa shape index (κ2) is 10.3. The third kappa shape index (κ3) is 4.95. The topological polar surface area (TPSA) is 101 Å². The lowest BCUT2D eigenvalue weighted by molar-refractivity contribution is 0.174. The molecule has 0 amide bonds. The number of aromatic nitrogens is 2. The van der Waals surface area contributed by atoms with Gasteiger partial charge in [-0.3, -0.25) is 0 Å². The monoisotopic (exact) mass is 541 g/mol. The lowest BCUT2D eigenvalue weighted by Crippen LogP contribution is -2.28. The Bertz CT molecular complexity index is 1440. The molecule has 1 aliphatic heterocycles. The minimum Gasteiger partial charge on any atom is -0.454 e. The minimum absolute atomic E-state index is 0.185. The molecule has 10 heteroatoms. The average molecular weight is 543 g/mol. The van der Waals surface area contributed by atoms with Crippen LogP contribution in [-0.4, -0.2) is 22.4 Å². The van der Waals surface area contributed by atoms with Crippen LogP contribution < -0.4 is 21.1 Å². The van der Waals surface area contributed by atoms with Crippen molar-refractivity contribution in [2.75, 3.05) is 6.79 Å². The van der Waals surface area contributed by atoms with E-state index in [-0.39, 0.29) is 12.7 Å². The van der Waals surface area contributed by atoms with Crippen molar-refractivity contribution >= 4 is 40.6 Å². The van der Waals surface area contributed by atoms with Gasteiger partial charge >= 0.3 is 0 Å². The molecule has 0 saturated heterocycles. The first-order valence-electron chi connectivity index (χ1n) is 11.1. The minimum atomic E-state index is -0.277. The summed E-state index contributed by atoms with van der Waals surface area (Å²) in [6.07, 6.45) is 8.70. The van der Waals surface area contributed by atoms with Crippen molar-refractivity contribution in [2.45, 2.75) is 12.8 Å². The Labute approximate surface area is 223 Å². The van der Waals surface area contributed by atoms with Gasteiger partial charge in [0.15, 0.2) is 11.5 Å². The van der Waals surface area contributed by atoms with Gasteiger partial charge in [-0.1, -0.05) is 58.6 Å². The van der Waals surface area contributed by atoms with Gasteiger partial charge in [-0.2, -0.15) is 10.2 Å². The van der Waals surface area contributed by atoms with Crippen LogP contribution in [0.25, 0.3) is 16.9 Å². The molecule has 1 atom stereocenters. The predicted octanol–water partition coefficient (Wildman–Crippen LogP) is 5.97. The highest BCUT2D eigenvalue weighted by atomic mass is 35.5. The number of fused-ring (bicyclic) bond motifs is 1. The maximum atomic E-state index is 6.57. The Morgan fingerprint density at radius 1 is 1.08 bits per heavy atom. The number of amidine groups is 1. The number of halogens is 3. The molecule has 1 unspecified atom stereocenters. The highest BCUT2D eigenvalue weighted by molar-refractivity contribution is 6.34. The standard InChI is InChI=1S/C26H22Cl3N5O2/c27-17-3-1-2-15(4-6-17)20(26(30)32-31)12-19-13-22(16-5-9-24-25(10-16)36-14-35-24)34(33-19)23-11-18(28)7-8-21(23)29/h1-3,5-11,13,20H,4,12,14,31H2,(H2,30,32). The van der Waals surface area contributed by atoms with E-state index in [1.54, 1.807) is 22.9 Å². The summed E-state index contributed by atoms with van der Waals surface area (Å²) in [7, 11) is 0. The number of hydrogen-bond acceptors (Lipinski definition) is 5. The van der Waals surface area contributed by atoms with Crippen LogP contribution in [0.1, 0.15) is 12.1 Å². The number of rotatable bonds is 6. The fraction of sp³-hybridized carbons (Fsp3) is 0.154. The maximum absolute atomic E-state index is 6.57. The summed E-state index contributed by atoms with van der Waals surface area (Å²) in [6, 6.07) is 13.0. The zero-order chi connectivity index (χ0) is 25.2. The van der Waals surface area contributed by atoms with Crippen molar-refractivity contribution < 1.29 is 9.47 Å². The van der Waals surface area contributed by atoms with Crippen LogP contribution >= 0.6 is 34.8 Å². The first-order valence-corrected chi connectivity index (χ1v) is 12.3. The van der Waals surface area contributed by atoms with Crippen LogP contribution in [0.2, 0.25) is 10.0 Å². The number of nitrogens with zero attached hydrogens (tertiary/aromatic N) is 3. The van der Waals surface area contributed by atoms with Crippen LogP contribution in [0.15, 0.2) is 82.5 Å². The molecule has 2 aliphatic rings. The van der Waals surface area contributed by atoms with Gasteiger partial charge in [0.1, 0.15) is 5.84 Å². The van der Waals surface area contributed by atoms with Crippen LogP contribution in [-0.2, 0) is 6.42 Å². The molecule has 36 heavy (non-hydrogen) atoms. The van der Waals surface area contributed by atoms with Crippen LogP contribution in [0.3, 0.4) is 0 Å². The number of ether oxygens (including phenoxy) is 2. The predicted molar refractivity (Wildman–Crippen MR) is 144 cm³/mol. The fourth-order valence-corrected chi connectivity index (χ4v) is 4.74. The first-order chi connectivity index (χ1) is 17.4. The smallest absolute Gasteiger partial charge is 0.231 e. The molecule has 184 valence electrons. The Hall–Kier alpha value is -3.39. The number of hydrogen-bond donors (Lipinski definition) is 2. The number of benzene rings is 2. The second-order valence-corrected chi connectivity index (χ2v) is 9.58. The summed E-state index contributed by atoms with van der Waals surface area (Å²) in [4.78, 5) is 0. The van der Waals surface area contributed by atoms with Crippen molar-refractivity contribution in [3.63, 3.8) is 0 Å². The van der Waals surface area contributed by atoms with Crippen molar-refractivity contribution in [2.24, 2.45) is 22.6 Å². The van der Waals surface area contributed by atoms with Gasteiger partial charge < -0.3 is 21.1 Å². The Morgan fingerprint density at radius 3 is 2.75 bits per heavy atom.